The van der Waals surface area contributed by atoms with E-state index in [1.807, 2.05) is 13.0 Å². The summed E-state index contributed by atoms with van der Waals surface area (Å²) in [6.45, 7) is 3.32. The van der Waals surface area contributed by atoms with Crippen LogP contribution < -0.4 is 5.32 Å². The van der Waals surface area contributed by atoms with Crippen LogP contribution in [0.4, 0.5) is 5.82 Å². The lowest BCUT2D eigenvalue weighted by molar-refractivity contribution is -0.153. The third-order valence-electron chi connectivity index (χ3n) is 3.30. The molecule has 9 heteroatoms. The zero-order chi connectivity index (χ0) is 19.3. The van der Waals surface area contributed by atoms with Crippen molar-refractivity contribution in [2.24, 2.45) is 0 Å². The Balaban J connectivity index is 1.82. The molecule has 1 atom stereocenters. The van der Waals surface area contributed by atoms with Crippen molar-refractivity contribution in [3.8, 4) is 0 Å². The largest absolute Gasteiger partial charge is 0.453 e. The maximum Gasteiger partial charge on any atom is 0.307 e. The van der Waals surface area contributed by atoms with Gasteiger partial charge in [-0.1, -0.05) is 23.2 Å². The van der Waals surface area contributed by atoms with E-state index in [0.717, 1.165) is 4.88 Å². The molecule has 2 rings (SSSR count). The monoisotopic (exact) mass is 414 g/mol. The first-order valence-corrected chi connectivity index (χ1v) is 9.24. The predicted octanol–water partition coefficient (Wildman–Crippen LogP) is 4.29. The molecule has 0 fully saturated rings. The van der Waals surface area contributed by atoms with Gasteiger partial charge in [0.15, 0.2) is 17.7 Å². The molecule has 2 aromatic rings. The molecule has 138 valence electrons. The molecular formula is C17H16Cl2N2O4S. The molecule has 1 N–H and O–H groups in total. The van der Waals surface area contributed by atoms with Crippen molar-refractivity contribution >= 4 is 58.0 Å². The number of esters is 1. The predicted molar refractivity (Wildman–Crippen MR) is 101 cm³/mol. The second-order valence-corrected chi connectivity index (χ2v) is 7.57. The fourth-order valence-electron chi connectivity index (χ4n) is 1.96. The van der Waals surface area contributed by atoms with Crippen molar-refractivity contribution in [3.05, 3.63) is 44.2 Å². The summed E-state index contributed by atoms with van der Waals surface area (Å²) in [5.41, 5.74) is 0. The van der Waals surface area contributed by atoms with Crippen molar-refractivity contribution in [2.75, 3.05) is 5.32 Å². The Bertz CT molecular complexity index is 838. The number of nitrogens with zero attached hydrogens (tertiary/aromatic N) is 1. The molecule has 0 aliphatic carbocycles. The quantitative estimate of drug-likeness (QED) is 0.539. The Morgan fingerprint density at radius 1 is 1.27 bits per heavy atom. The molecular weight excluding hydrogens is 399 g/mol. The van der Waals surface area contributed by atoms with Gasteiger partial charge in [0, 0.05) is 17.5 Å². The van der Waals surface area contributed by atoms with E-state index >= 15 is 0 Å². The molecule has 6 nitrogen and oxygen atoms in total. The van der Waals surface area contributed by atoms with Gasteiger partial charge in [-0.05, 0) is 32.0 Å². The molecule has 26 heavy (non-hydrogen) atoms. The zero-order valence-corrected chi connectivity index (χ0v) is 16.4. The van der Waals surface area contributed by atoms with Gasteiger partial charge in [-0.15, -0.1) is 11.3 Å². The maximum absolute atomic E-state index is 12.1. The first-order chi connectivity index (χ1) is 12.3. The number of aryl methyl sites for hydroxylation is 1. The number of carbonyl (C=O) groups excluding carboxylic acids is 3. The highest BCUT2D eigenvalue weighted by atomic mass is 35.5. The molecule has 0 aliphatic heterocycles. The van der Waals surface area contributed by atoms with Crippen LogP contribution in [-0.4, -0.2) is 28.7 Å². The van der Waals surface area contributed by atoms with Crippen molar-refractivity contribution < 1.29 is 19.1 Å². The summed E-state index contributed by atoms with van der Waals surface area (Å²) < 4.78 is 5.04. The van der Waals surface area contributed by atoms with Crippen molar-refractivity contribution in [1.29, 1.82) is 0 Å². The standard InChI is InChI=1S/C17H16Cl2N2O4S/c1-9-3-5-14(26-9)13(22)4-6-15(23)25-10(2)17(24)21-16-12(19)7-11(18)8-20-16/h3,5,7-8,10H,4,6H2,1-2H3,(H,20,21,24)/t10-/m1/s1. The second-order valence-electron chi connectivity index (χ2n) is 5.44. The summed E-state index contributed by atoms with van der Waals surface area (Å²) in [7, 11) is 0. The lowest BCUT2D eigenvalue weighted by atomic mass is 10.2. The summed E-state index contributed by atoms with van der Waals surface area (Å²) in [5, 5.41) is 2.95. The van der Waals surface area contributed by atoms with E-state index in [2.05, 4.69) is 10.3 Å². The summed E-state index contributed by atoms with van der Waals surface area (Å²) in [6, 6.07) is 5.01. The number of thiophene rings is 1. The van der Waals surface area contributed by atoms with E-state index < -0.39 is 18.0 Å². The maximum atomic E-state index is 12.1. The number of rotatable bonds is 7. The number of Topliss-reactive ketones (excluding diaryl/α,β-unsaturated/α-hetero) is 1. The Morgan fingerprint density at radius 3 is 2.62 bits per heavy atom. The molecule has 0 bridgehead atoms. The summed E-state index contributed by atoms with van der Waals surface area (Å²) >= 11 is 13.0. The highest BCUT2D eigenvalue weighted by molar-refractivity contribution is 7.14. The van der Waals surface area contributed by atoms with E-state index in [1.54, 1.807) is 6.07 Å². The van der Waals surface area contributed by atoms with Crippen LogP contribution in [-0.2, 0) is 14.3 Å². The van der Waals surface area contributed by atoms with E-state index in [1.165, 1.54) is 30.5 Å². The van der Waals surface area contributed by atoms with Crippen LogP contribution in [0.2, 0.25) is 10.0 Å². The van der Waals surface area contributed by atoms with Crippen LogP contribution in [0.5, 0.6) is 0 Å². The number of anilines is 1. The van der Waals surface area contributed by atoms with Gasteiger partial charge in [0.2, 0.25) is 0 Å². The van der Waals surface area contributed by atoms with Gasteiger partial charge in [-0.25, -0.2) is 4.98 Å². The third kappa shape index (κ3) is 5.79. The minimum atomic E-state index is -1.06. The molecule has 1 amide bonds. The highest BCUT2D eigenvalue weighted by Crippen LogP contribution is 2.23. The van der Waals surface area contributed by atoms with Crippen molar-refractivity contribution in [1.82, 2.24) is 4.98 Å². The van der Waals surface area contributed by atoms with Gasteiger partial charge in [0.25, 0.3) is 5.91 Å². The molecule has 0 saturated carbocycles. The smallest absolute Gasteiger partial charge is 0.307 e. The third-order valence-corrected chi connectivity index (χ3v) is 4.83. The average molecular weight is 415 g/mol. The SMILES string of the molecule is Cc1ccc(C(=O)CCC(=O)O[C@H](C)C(=O)Nc2ncc(Cl)cc2Cl)s1. The van der Waals surface area contributed by atoms with Crippen LogP contribution in [0, 0.1) is 6.92 Å². The van der Waals surface area contributed by atoms with Gasteiger partial charge in [0.1, 0.15) is 0 Å². The van der Waals surface area contributed by atoms with Crippen LogP contribution >= 0.6 is 34.5 Å². The van der Waals surface area contributed by atoms with Gasteiger partial charge in [0.05, 0.1) is 21.3 Å². The first-order valence-electron chi connectivity index (χ1n) is 7.67. The molecule has 0 spiro atoms. The normalized spacial score (nSPS) is 11.7. The summed E-state index contributed by atoms with van der Waals surface area (Å²) in [6.07, 6.45) is 0.193. The number of hydrogen-bond donors (Lipinski definition) is 1. The lowest BCUT2D eigenvalue weighted by Gasteiger charge is -2.13. The number of amides is 1. The summed E-state index contributed by atoms with van der Waals surface area (Å²) in [4.78, 5) is 41.4. The molecule has 0 aromatic carbocycles. The number of halogens is 2. The number of pyridine rings is 1. The van der Waals surface area contributed by atoms with E-state index in [0.29, 0.717) is 9.90 Å². The number of aromatic nitrogens is 1. The minimum Gasteiger partial charge on any atom is -0.453 e. The molecule has 0 unspecified atom stereocenters. The second kappa shape index (κ2) is 9.12. The average Bonchev–Trinajstić information content (AvgIpc) is 3.01. The number of ether oxygens (including phenoxy) is 1. The molecule has 0 radical (unpaired) electrons. The lowest BCUT2D eigenvalue weighted by Crippen LogP contribution is -2.30. The van der Waals surface area contributed by atoms with E-state index in [9.17, 15) is 14.4 Å². The van der Waals surface area contributed by atoms with Crippen LogP contribution in [0.3, 0.4) is 0 Å². The van der Waals surface area contributed by atoms with E-state index in [-0.39, 0.29) is 29.5 Å². The highest BCUT2D eigenvalue weighted by Gasteiger charge is 2.20. The molecule has 0 saturated heterocycles. The van der Waals surface area contributed by atoms with Gasteiger partial charge >= 0.3 is 5.97 Å². The number of nitrogens with one attached hydrogen (secondary N) is 1. The van der Waals surface area contributed by atoms with Gasteiger partial charge in [-0.2, -0.15) is 0 Å². The van der Waals surface area contributed by atoms with Crippen molar-refractivity contribution in [2.45, 2.75) is 32.8 Å². The Labute approximate surface area is 164 Å². The fraction of sp³-hybridized carbons (Fsp3) is 0.294. The zero-order valence-electron chi connectivity index (χ0n) is 14.0. The fourth-order valence-corrected chi connectivity index (χ4v) is 3.22. The topological polar surface area (TPSA) is 85.4 Å². The number of ketones is 1. The van der Waals surface area contributed by atoms with Crippen LogP contribution in [0.15, 0.2) is 24.4 Å². The summed E-state index contributed by atoms with van der Waals surface area (Å²) in [5.74, 6) is -1.23. The number of hydrogen-bond acceptors (Lipinski definition) is 6. The van der Waals surface area contributed by atoms with Gasteiger partial charge in [-0.3, -0.25) is 14.4 Å². The first kappa shape index (κ1) is 20.4. The van der Waals surface area contributed by atoms with Gasteiger partial charge < -0.3 is 10.1 Å². The molecule has 0 aliphatic rings. The Hall–Kier alpha value is -1.96. The van der Waals surface area contributed by atoms with Crippen LogP contribution in [0.1, 0.15) is 34.3 Å². The van der Waals surface area contributed by atoms with E-state index in [4.69, 9.17) is 27.9 Å². The molecule has 2 aromatic heterocycles. The minimum absolute atomic E-state index is 0.0255. The Kier molecular flexibility index (Phi) is 7.14. The number of carbonyl (C=O) groups is 3. The molecule has 2 heterocycles. The van der Waals surface area contributed by atoms with Crippen LogP contribution in [0.25, 0.3) is 0 Å². The Morgan fingerprint density at radius 2 is 2.00 bits per heavy atom. The van der Waals surface area contributed by atoms with Crippen molar-refractivity contribution in [3.63, 3.8) is 0 Å².